The van der Waals surface area contributed by atoms with E-state index >= 15 is 0 Å². The predicted molar refractivity (Wildman–Crippen MR) is 85.5 cm³/mol. The van der Waals surface area contributed by atoms with Crippen molar-refractivity contribution in [3.05, 3.63) is 39.3 Å². The van der Waals surface area contributed by atoms with E-state index in [9.17, 15) is 0 Å². The smallest absolute Gasteiger partial charge is 0.0644 e. The van der Waals surface area contributed by atoms with Crippen molar-refractivity contribution in [1.82, 2.24) is 15.1 Å². The van der Waals surface area contributed by atoms with Gasteiger partial charge in [0.1, 0.15) is 0 Å². The molecule has 2 heterocycles. The molecule has 1 aliphatic rings. The van der Waals surface area contributed by atoms with Crippen LogP contribution in [0.25, 0.3) is 0 Å². The summed E-state index contributed by atoms with van der Waals surface area (Å²) in [4.78, 5) is 2.86. The van der Waals surface area contributed by atoms with Gasteiger partial charge in [0.25, 0.3) is 0 Å². The third kappa shape index (κ3) is 3.20. The zero-order valence-corrected chi connectivity index (χ0v) is 13.3. The van der Waals surface area contributed by atoms with Gasteiger partial charge in [-0.3, -0.25) is 4.68 Å². The molecule has 0 aromatic carbocycles. The van der Waals surface area contributed by atoms with E-state index in [1.165, 1.54) is 33.9 Å². The van der Waals surface area contributed by atoms with Gasteiger partial charge in [-0.1, -0.05) is 6.92 Å². The fourth-order valence-corrected chi connectivity index (χ4v) is 3.96. The molecule has 5 heteroatoms. The Morgan fingerprint density at radius 2 is 2.29 bits per heavy atom. The molecule has 1 atom stereocenters. The van der Waals surface area contributed by atoms with Crippen molar-refractivity contribution in [1.29, 1.82) is 0 Å². The van der Waals surface area contributed by atoms with Gasteiger partial charge in [-0.25, -0.2) is 0 Å². The van der Waals surface area contributed by atoms with Crippen molar-refractivity contribution in [3.8, 4) is 0 Å². The summed E-state index contributed by atoms with van der Waals surface area (Å²) in [5.41, 5.74) is 2.62. The van der Waals surface area contributed by atoms with Gasteiger partial charge >= 0.3 is 0 Å². The van der Waals surface area contributed by atoms with Gasteiger partial charge < -0.3 is 10.4 Å². The van der Waals surface area contributed by atoms with E-state index in [-0.39, 0.29) is 6.61 Å². The topological polar surface area (TPSA) is 50.1 Å². The number of aryl methyl sites for hydroxylation is 1. The van der Waals surface area contributed by atoms with E-state index < -0.39 is 0 Å². The Labute approximate surface area is 129 Å². The van der Waals surface area contributed by atoms with Gasteiger partial charge in [0, 0.05) is 33.6 Å². The average Bonchev–Trinajstić information content (AvgIpc) is 3.13. The fraction of sp³-hybridized carbons (Fsp3) is 0.562. The highest BCUT2D eigenvalue weighted by Crippen LogP contribution is 2.30. The Balaban J connectivity index is 1.67. The van der Waals surface area contributed by atoms with Crippen LogP contribution in [0.4, 0.5) is 0 Å². The summed E-state index contributed by atoms with van der Waals surface area (Å²) < 4.78 is 1.96. The van der Waals surface area contributed by atoms with Gasteiger partial charge in [-0.15, -0.1) is 11.3 Å². The Hall–Kier alpha value is -1.17. The lowest BCUT2D eigenvalue weighted by Gasteiger charge is -2.24. The van der Waals surface area contributed by atoms with Crippen LogP contribution in [0.15, 0.2) is 18.3 Å². The summed E-state index contributed by atoms with van der Waals surface area (Å²) in [7, 11) is 0. The molecule has 0 amide bonds. The van der Waals surface area contributed by atoms with E-state index in [1.807, 2.05) is 22.2 Å². The van der Waals surface area contributed by atoms with Gasteiger partial charge in [0.05, 0.1) is 19.3 Å². The maximum absolute atomic E-state index is 9.11. The van der Waals surface area contributed by atoms with Crippen molar-refractivity contribution in [2.75, 3.05) is 6.61 Å². The number of fused-ring (bicyclic) bond motifs is 1. The molecule has 4 nitrogen and oxygen atoms in total. The lowest BCUT2D eigenvalue weighted by molar-refractivity contribution is 0.266. The first kappa shape index (κ1) is 14.8. The minimum Gasteiger partial charge on any atom is -0.394 e. The second-order valence-corrected chi connectivity index (χ2v) is 6.79. The maximum Gasteiger partial charge on any atom is 0.0644 e. The zero-order valence-electron chi connectivity index (χ0n) is 12.5. The quantitative estimate of drug-likeness (QED) is 0.862. The summed E-state index contributed by atoms with van der Waals surface area (Å²) in [6, 6.07) is 4.86. The van der Waals surface area contributed by atoms with Gasteiger partial charge in [-0.05, 0) is 37.8 Å². The lowest BCUT2D eigenvalue weighted by atomic mass is 9.93. The van der Waals surface area contributed by atoms with Crippen LogP contribution in [-0.2, 0) is 25.9 Å². The minimum absolute atomic E-state index is 0.154. The molecule has 0 saturated carbocycles. The van der Waals surface area contributed by atoms with Crippen molar-refractivity contribution in [2.24, 2.45) is 0 Å². The Kier molecular flexibility index (Phi) is 4.73. The van der Waals surface area contributed by atoms with Crippen LogP contribution < -0.4 is 5.32 Å². The van der Waals surface area contributed by atoms with E-state index in [4.69, 9.17) is 5.11 Å². The van der Waals surface area contributed by atoms with Crippen molar-refractivity contribution >= 4 is 11.3 Å². The van der Waals surface area contributed by atoms with Gasteiger partial charge in [0.15, 0.2) is 0 Å². The van der Waals surface area contributed by atoms with E-state index in [2.05, 4.69) is 29.5 Å². The largest absolute Gasteiger partial charge is 0.394 e. The first-order valence-corrected chi connectivity index (χ1v) is 8.60. The number of rotatable bonds is 6. The number of nitrogens with zero attached hydrogens (tertiary/aromatic N) is 2. The second-order valence-electron chi connectivity index (χ2n) is 5.54. The molecule has 2 aromatic rings. The first-order valence-electron chi connectivity index (χ1n) is 7.78. The monoisotopic (exact) mass is 305 g/mol. The summed E-state index contributed by atoms with van der Waals surface area (Å²) in [6.07, 6.45) is 6.53. The standard InChI is InChI=1S/C16H23N3OS/c1-2-12-6-7-13(21-12)10-17-15-4-3-5-16-14(15)11-18-19(16)8-9-20/h6-7,11,15,17,20H,2-5,8-10H2,1H3. The van der Waals surface area contributed by atoms with Gasteiger partial charge in [-0.2, -0.15) is 5.10 Å². The molecule has 2 aromatic heterocycles. The molecular formula is C16H23N3OS. The molecule has 0 fully saturated rings. The minimum atomic E-state index is 0.154. The van der Waals surface area contributed by atoms with Crippen LogP contribution in [0.1, 0.15) is 46.8 Å². The highest BCUT2D eigenvalue weighted by Gasteiger charge is 2.23. The molecule has 3 rings (SSSR count). The molecule has 2 N–H and O–H groups in total. The maximum atomic E-state index is 9.11. The van der Waals surface area contributed by atoms with Crippen molar-refractivity contribution < 1.29 is 5.11 Å². The molecule has 0 spiro atoms. The molecule has 1 aliphatic carbocycles. The van der Waals surface area contributed by atoms with E-state index in [0.717, 1.165) is 19.4 Å². The third-order valence-electron chi connectivity index (χ3n) is 4.16. The second kappa shape index (κ2) is 6.73. The van der Waals surface area contributed by atoms with Crippen LogP contribution in [0.2, 0.25) is 0 Å². The number of aliphatic hydroxyl groups excluding tert-OH is 1. The van der Waals surface area contributed by atoms with Crippen LogP contribution in [0.3, 0.4) is 0 Å². The van der Waals surface area contributed by atoms with Crippen molar-refractivity contribution in [2.45, 2.75) is 51.7 Å². The number of aliphatic hydroxyl groups is 1. The number of hydrogen-bond acceptors (Lipinski definition) is 4. The third-order valence-corrected chi connectivity index (χ3v) is 5.39. The highest BCUT2D eigenvalue weighted by molar-refractivity contribution is 7.11. The van der Waals surface area contributed by atoms with Gasteiger partial charge in [0.2, 0.25) is 0 Å². The first-order chi connectivity index (χ1) is 10.3. The van der Waals surface area contributed by atoms with E-state index in [0.29, 0.717) is 12.6 Å². The Morgan fingerprint density at radius 1 is 1.43 bits per heavy atom. The van der Waals surface area contributed by atoms with E-state index in [1.54, 1.807) is 0 Å². The Bertz CT molecular complexity index is 590. The predicted octanol–water partition coefficient (Wildman–Crippen LogP) is 2.67. The molecule has 0 saturated heterocycles. The molecule has 0 radical (unpaired) electrons. The number of nitrogens with one attached hydrogen (secondary N) is 1. The van der Waals surface area contributed by atoms with Crippen LogP contribution in [0, 0.1) is 0 Å². The summed E-state index contributed by atoms with van der Waals surface area (Å²) in [6.45, 7) is 3.89. The van der Waals surface area contributed by atoms with Crippen molar-refractivity contribution in [3.63, 3.8) is 0 Å². The summed E-state index contributed by atoms with van der Waals surface area (Å²) in [5, 5.41) is 17.2. The Morgan fingerprint density at radius 3 is 3.05 bits per heavy atom. The zero-order chi connectivity index (χ0) is 14.7. The van der Waals surface area contributed by atoms with Crippen LogP contribution in [-0.4, -0.2) is 21.5 Å². The number of hydrogen-bond donors (Lipinski definition) is 2. The summed E-state index contributed by atoms with van der Waals surface area (Å²) >= 11 is 1.90. The molecule has 0 bridgehead atoms. The number of aromatic nitrogens is 2. The lowest BCUT2D eigenvalue weighted by Crippen LogP contribution is -2.25. The average molecular weight is 305 g/mol. The normalized spacial score (nSPS) is 17.9. The molecule has 21 heavy (non-hydrogen) atoms. The molecule has 114 valence electrons. The SMILES string of the molecule is CCc1ccc(CNC2CCCc3c2cnn3CCO)s1. The molecular weight excluding hydrogens is 282 g/mol. The molecule has 1 unspecified atom stereocenters. The van der Waals surface area contributed by atoms with Crippen LogP contribution >= 0.6 is 11.3 Å². The number of thiophene rings is 1. The highest BCUT2D eigenvalue weighted by atomic mass is 32.1. The fourth-order valence-electron chi connectivity index (χ4n) is 3.05. The van der Waals surface area contributed by atoms with Crippen LogP contribution in [0.5, 0.6) is 0 Å². The molecule has 0 aliphatic heterocycles. The summed E-state index contributed by atoms with van der Waals surface area (Å²) in [5.74, 6) is 0.